The lowest BCUT2D eigenvalue weighted by Crippen LogP contribution is -2.22. The number of nitrogens with zero attached hydrogens (tertiary/aromatic N) is 3. The summed E-state index contributed by atoms with van der Waals surface area (Å²) in [5.74, 6) is 1.09. The molecule has 1 heterocycles. The topological polar surface area (TPSA) is 68.2 Å². The number of rotatable bonds is 4. The Morgan fingerprint density at radius 1 is 1.33 bits per heavy atom. The molecule has 0 aliphatic carbocycles. The van der Waals surface area contributed by atoms with Crippen LogP contribution in [0.3, 0.4) is 0 Å². The molecule has 2 aromatic rings. The molecule has 1 aromatic carbocycles. The summed E-state index contributed by atoms with van der Waals surface area (Å²) in [5.41, 5.74) is 7.30. The molecule has 0 fully saturated rings. The highest BCUT2D eigenvalue weighted by molar-refractivity contribution is 9.10. The van der Waals surface area contributed by atoms with Crippen LogP contribution < -0.4 is 10.6 Å². The van der Waals surface area contributed by atoms with Crippen LogP contribution in [0.15, 0.2) is 27.2 Å². The van der Waals surface area contributed by atoms with Gasteiger partial charge in [0.15, 0.2) is 0 Å². The molecule has 6 heteroatoms. The Kier molecular flexibility index (Phi) is 3.86. The molecule has 5 nitrogen and oxygen atoms in total. The molecule has 0 spiro atoms. The predicted molar refractivity (Wildman–Crippen MR) is 75.4 cm³/mol. The Morgan fingerprint density at radius 3 is 2.67 bits per heavy atom. The molecule has 0 aliphatic heterocycles. The number of anilines is 2. The van der Waals surface area contributed by atoms with Gasteiger partial charge in [0.2, 0.25) is 0 Å². The van der Waals surface area contributed by atoms with E-state index in [2.05, 4.69) is 39.9 Å². The Labute approximate surface area is 114 Å². The smallest absolute Gasteiger partial charge is 0.266 e. The molecule has 96 valence electrons. The second-order valence-corrected chi connectivity index (χ2v) is 4.66. The lowest BCUT2D eigenvalue weighted by Gasteiger charge is -2.14. The Bertz CT molecular complexity index is 537. The van der Waals surface area contributed by atoms with E-state index in [9.17, 15) is 0 Å². The van der Waals surface area contributed by atoms with E-state index in [-0.39, 0.29) is 0 Å². The van der Waals surface area contributed by atoms with Gasteiger partial charge in [-0.1, -0.05) is 0 Å². The number of nitrogens with two attached hydrogens (primary N) is 1. The molecule has 2 rings (SSSR count). The number of hydrogen-bond acceptors (Lipinski definition) is 5. The largest absolute Gasteiger partial charge is 0.398 e. The van der Waals surface area contributed by atoms with Crippen LogP contribution >= 0.6 is 15.9 Å². The van der Waals surface area contributed by atoms with Gasteiger partial charge in [-0.25, -0.2) is 0 Å². The average molecular weight is 311 g/mol. The van der Waals surface area contributed by atoms with Crippen molar-refractivity contribution in [3.05, 3.63) is 22.7 Å². The zero-order valence-corrected chi connectivity index (χ0v) is 11.9. The Morgan fingerprint density at radius 2 is 2.06 bits per heavy atom. The lowest BCUT2D eigenvalue weighted by molar-refractivity contribution is 0.429. The van der Waals surface area contributed by atoms with Crippen molar-refractivity contribution < 1.29 is 4.52 Å². The molecular weight excluding hydrogens is 296 g/mol. The summed E-state index contributed by atoms with van der Waals surface area (Å²) in [5, 5.41) is 3.97. The van der Waals surface area contributed by atoms with Gasteiger partial charge >= 0.3 is 0 Å². The van der Waals surface area contributed by atoms with Crippen LogP contribution in [0, 0.1) is 0 Å². The average Bonchev–Trinajstić information content (AvgIpc) is 2.84. The quantitative estimate of drug-likeness (QED) is 0.879. The van der Waals surface area contributed by atoms with Gasteiger partial charge in [0.1, 0.15) is 0 Å². The maximum atomic E-state index is 5.83. The summed E-state index contributed by atoms with van der Waals surface area (Å²) < 4.78 is 6.11. The molecule has 1 aromatic heterocycles. The zero-order valence-electron chi connectivity index (χ0n) is 10.4. The Hall–Kier alpha value is -1.56. The van der Waals surface area contributed by atoms with Crippen LogP contribution in [0.1, 0.15) is 13.8 Å². The van der Waals surface area contributed by atoms with Crippen molar-refractivity contribution in [2.45, 2.75) is 13.8 Å². The van der Waals surface area contributed by atoms with Crippen molar-refractivity contribution in [2.75, 3.05) is 23.7 Å². The third-order valence-electron chi connectivity index (χ3n) is 2.70. The standard InChI is InChI=1S/C12H15BrN4O/c1-3-17(4-2)12-15-11(18-16-12)8-5-6-9(13)10(14)7-8/h5-7H,3-4,14H2,1-2H3. The molecule has 0 saturated heterocycles. The summed E-state index contributed by atoms with van der Waals surface area (Å²) in [7, 11) is 0. The van der Waals surface area contributed by atoms with Crippen LogP contribution in [0.25, 0.3) is 11.5 Å². The number of hydrogen-bond donors (Lipinski definition) is 1. The molecule has 2 N–H and O–H groups in total. The van der Waals surface area contributed by atoms with E-state index in [4.69, 9.17) is 10.3 Å². The SMILES string of the molecule is CCN(CC)c1noc(-c2ccc(Br)c(N)c2)n1. The number of halogens is 1. The third kappa shape index (κ3) is 2.48. The van der Waals surface area contributed by atoms with Crippen LogP contribution in [0.2, 0.25) is 0 Å². The van der Waals surface area contributed by atoms with E-state index < -0.39 is 0 Å². The minimum Gasteiger partial charge on any atom is -0.398 e. The maximum Gasteiger partial charge on any atom is 0.266 e. The fraction of sp³-hybridized carbons (Fsp3) is 0.333. The van der Waals surface area contributed by atoms with E-state index >= 15 is 0 Å². The molecule has 0 radical (unpaired) electrons. The van der Waals surface area contributed by atoms with E-state index in [0.29, 0.717) is 17.5 Å². The molecule has 18 heavy (non-hydrogen) atoms. The van der Waals surface area contributed by atoms with Crippen molar-refractivity contribution in [1.82, 2.24) is 10.1 Å². The highest BCUT2D eigenvalue weighted by atomic mass is 79.9. The van der Waals surface area contributed by atoms with Crippen LogP contribution in [0.4, 0.5) is 11.6 Å². The van der Waals surface area contributed by atoms with E-state index in [1.807, 2.05) is 23.1 Å². The van der Waals surface area contributed by atoms with E-state index in [0.717, 1.165) is 23.1 Å². The molecule has 0 unspecified atom stereocenters. The van der Waals surface area contributed by atoms with Gasteiger partial charge in [-0.05, 0) is 53.1 Å². The predicted octanol–water partition coefficient (Wildman–Crippen LogP) is 2.93. The number of nitrogen functional groups attached to an aromatic ring is 1. The summed E-state index contributed by atoms with van der Waals surface area (Å²) in [6.45, 7) is 5.80. The summed E-state index contributed by atoms with van der Waals surface area (Å²) in [6.07, 6.45) is 0. The first-order valence-electron chi connectivity index (χ1n) is 5.79. The van der Waals surface area contributed by atoms with Crippen molar-refractivity contribution >= 4 is 27.6 Å². The van der Waals surface area contributed by atoms with Crippen LogP contribution in [0.5, 0.6) is 0 Å². The molecule has 0 amide bonds. The third-order valence-corrected chi connectivity index (χ3v) is 3.43. The first-order valence-corrected chi connectivity index (χ1v) is 6.59. The number of benzene rings is 1. The minimum absolute atomic E-state index is 0.483. The van der Waals surface area contributed by atoms with E-state index in [1.165, 1.54) is 0 Å². The molecule has 0 aliphatic rings. The minimum atomic E-state index is 0.483. The monoisotopic (exact) mass is 310 g/mol. The van der Waals surface area contributed by atoms with Crippen molar-refractivity contribution in [1.29, 1.82) is 0 Å². The first-order chi connectivity index (χ1) is 8.65. The van der Waals surface area contributed by atoms with Gasteiger partial charge in [0, 0.05) is 28.8 Å². The van der Waals surface area contributed by atoms with Crippen LogP contribution in [-0.4, -0.2) is 23.2 Å². The first kappa shape index (κ1) is 12.9. The fourth-order valence-corrected chi connectivity index (χ4v) is 1.89. The maximum absolute atomic E-state index is 5.83. The van der Waals surface area contributed by atoms with Gasteiger partial charge in [-0.15, -0.1) is 0 Å². The van der Waals surface area contributed by atoms with Crippen molar-refractivity contribution in [2.24, 2.45) is 0 Å². The summed E-state index contributed by atoms with van der Waals surface area (Å²) in [6, 6.07) is 5.57. The molecular formula is C12H15BrN4O. The normalized spacial score (nSPS) is 10.6. The second-order valence-electron chi connectivity index (χ2n) is 3.81. The lowest BCUT2D eigenvalue weighted by atomic mass is 10.2. The number of aromatic nitrogens is 2. The van der Waals surface area contributed by atoms with Gasteiger partial charge in [0.25, 0.3) is 11.8 Å². The van der Waals surface area contributed by atoms with Gasteiger partial charge in [0.05, 0.1) is 0 Å². The summed E-state index contributed by atoms with van der Waals surface area (Å²) in [4.78, 5) is 6.39. The highest BCUT2D eigenvalue weighted by Gasteiger charge is 2.13. The molecule has 0 atom stereocenters. The Balaban J connectivity index is 2.31. The van der Waals surface area contributed by atoms with Gasteiger partial charge in [-0.2, -0.15) is 4.98 Å². The van der Waals surface area contributed by atoms with E-state index in [1.54, 1.807) is 0 Å². The van der Waals surface area contributed by atoms with Crippen molar-refractivity contribution in [3.63, 3.8) is 0 Å². The second kappa shape index (κ2) is 5.39. The van der Waals surface area contributed by atoms with Gasteiger partial charge < -0.3 is 15.2 Å². The van der Waals surface area contributed by atoms with Crippen molar-refractivity contribution in [3.8, 4) is 11.5 Å². The molecule has 0 bridgehead atoms. The zero-order chi connectivity index (χ0) is 13.1. The highest BCUT2D eigenvalue weighted by Crippen LogP contribution is 2.27. The van der Waals surface area contributed by atoms with Gasteiger partial charge in [-0.3, -0.25) is 0 Å². The fourth-order valence-electron chi connectivity index (χ4n) is 1.64. The summed E-state index contributed by atoms with van der Waals surface area (Å²) >= 11 is 3.35. The van der Waals surface area contributed by atoms with Crippen LogP contribution in [-0.2, 0) is 0 Å². The molecule has 0 saturated carbocycles.